The molecule has 7 heteroatoms. The number of carbonyl (C=O) groups excluding carboxylic acids is 1. The molecule has 0 saturated carbocycles. The molecule has 1 aromatic heterocycles. The monoisotopic (exact) mass is 330 g/mol. The van der Waals surface area contributed by atoms with Gasteiger partial charge in [0.25, 0.3) is 0 Å². The van der Waals surface area contributed by atoms with Gasteiger partial charge in [-0.05, 0) is 32.1 Å². The summed E-state index contributed by atoms with van der Waals surface area (Å²) in [4.78, 5) is 14.3. The van der Waals surface area contributed by atoms with Crippen molar-refractivity contribution in [2.75, 3.05) is 19.6 Å². The number of carbonyl (C=O) groups is 1. The molecule has 0 bridgehead atoms. The molecule has 0 saturated heterocycles. The molecule has 2 amide bonds. The lowest BCUT2D eigenvalue weighted by Crippen LogP contribution is -2.45. The molecule has 1 aromatic carbocycles. The first-order chi connectivity index (χ1) is 11.7. The van der Waals surface area contributed by atoms with Crippen molar-refractivity contribution in [1.82, 2.24) is 30.3 Å². The number of hydrogen-bond donors (Lipinski definition) is 2. The Bertz CT molecular complexity index is 623. The molecule has 2 aromatic rings. The topological polar surface area (TPSA) is 75.1 Å². The smallest absolute Gasteiger partial charge is 0.315 e. The Morgan fingerprint density at radius 1 is 1.21 bits per heavy atom. The van der Waals surface area contributed by atoms with E-state index < -0.39 is 0 Å². The van der Waals surface area contributed by atoms with E-state index in [2.05, 4.69) is 46.5 Å². The fraction of sp³-hybridized carbons (Fsp3) is 0.471. The zero-order chi connectivity index (χ0) is 17.4. The summed E-state index contributed by atoms with van der Waals surface area (Å²) in [5.74, 6) is 0.688. The van der Waals surface area contributed by atoms with Crippen molar-refractivity contribution >= 4 is 6.03 Å². The Kier molecular flexibility index (Phi) is 6.74. The number of para-hydroxylation sites is 1. The lowest BCUT2D eigenvalue weighted by molar-refractivity contribution is 0.214. The summed E-state index contributed by atoms with van der Waals surface area (Å²) in [6, 6.07) is 9.91. The summed E-state index contributed by atoms with van der Waals surface area (Å²) in [6.45, 7) is 9.23. The SMILES string of the molecule is CCN(CC)C(C)CNC(=O)NCc1nncn1-c1ccccc1. The molecule has 7 nitrogen and oxygen atoms in total. The van der Waals surface area contributed by atoms with Crippen LogP contribution in [0.4, 0.5) is 4.79 Å². The zero-order valence-corrected chi connectivity index (χ0v) is 14.6. The summed E-state index contributed by atoms with van der Waals surface area (Å²) in [5.41, 5.74) is 0.967. The molecular formula is C17H26N6O. The van der Waals surface area contributed by atoms with Crippen LogP contribution in [0, 0.1) is 0 Å². The minimum absolute atomic E-state index is 0.198. The number of rotatable bonds is 8. The molecule has 0 spiro atoms. The van der Waals surface area contributed by atoms with Gasteiger partial charge in [-0.3, -0.25) is 9.47 Å². The van der Waals surface area contributed by atoms with Gasteiger partial charge in [0.2, 0.25) is 0 Å². The van der Waals surface area contributed by atoms with Crippen LogP contribution in [0.15, 0.2) is 36.7 Å². The van der Waals surface area contributed by atoms with E-state index in [9.17, 15) is 4.79 Å². The number of likely N-dealkylation sites (N-methyl/N-ethyl adjacent to an activating group) is 1. The first-order valence-electron chi connectivity index (χ1n) is 8.35. The van der Waals surface area contributed by atoms with Gasteiger partial charge in [-0.1, -0.05) is 32.0 Å². The fourth-order valence-corrected chi connectivity index (χ4v) is 2.62. The molecule has 1 unspecified atom stereocenters. The number of benzene rings is 1. The van der Waals surface area contributed by atoms with Crippen LogP contribution in [0.5, 0.6) is 0 Å². The van der Waals surface area contributed by atoms with Crippen LogP contribution in [0.1, 0.15) is 26.6 Å². The van der Waals surface area contributed by atoms with Crippen molar-refractivity contribution in [3.8, 4) is 5.69 Å². The van der Waals surface area contributed by atoms with Gasteiger partial charge in [0, 0.05) is 18.3 Å². The molecule has 0 aliphatic carbocycles. The maximum absolute atomic E-state index is 12.0. The Labute approximate surface area is 143 Å². The molecular weight excluding hydrogens is 304 g/mol. The largest absolute Gasteiger partial charge is 0.337 e. The van der Waals surface area contributed by atoms with Crippen LogP contribution in [0.3, 0.4) is 0 Å². The second kappa shape index (κ2) is 9.02. The summed E-state index contributed by atoms with van der Waals surface area (Å²) in [6.07, 6.45) is 1.65. The second-order valence-electron chi connectivity index (χ2n) is 5.59. The van der Waals surface area contributed by atoms with Crippen molar-refractivity contribution < 1.29 is 4.79 Å². The summed E-state index contributed by atoms with van der Waals surface area (Å²) >= 11 is 0. The van der Waals surface area contributed by atoms with Gasteiger partial charge in [0.05, 0.1) is 6.54 Å². The van der Waals surface area contributed by atoms with E-state index in [1.807, 2.05) is 34.9 Å². The first kappa shape index (κ1) is 17.9. The van der Waals surface area contributed by atoms with Gasteiger partial charge in [-0.25, -0.2) is 4.79 Å². The molecule has 1 heterocycles. The third kappa shape index (κ3) is 4.79. The predicted octanol–water partition coefficient (Wildman–Crippen LogP) is 1.80. The van der Waals surface area contributed by atoms with Crippen molar-refractivity contribution in [3.05, 3.63) is 42.5 Å². The maximum Gasteiger partial charge on any atom is 0.315 e. The Hall–Kier alpha value is -2.41. The molecule has 1 atom stereocenters. The molecule has 0 radical (unpaired) electrons. The number of urea groups is 1. The van der Waals surface area contributed by atoms with Gasteiger partial charge < -0.3 is 10.6 Å². The van der Waals surface area contributed by atoms with Crippen LogP contribution in [-0.2, 0) is 6.54 Å². The fourth-order valence-electron chi connectivity index (χ4n) is 2.62. The highest BCUT2D eigenvalue weighted by molar-refractivity contribution is 5.73. The Morgan fingerprint density at radius 2 is 1.92 bits per heavy atom. The normalized spacial score (nSPS) is 12.2. The third-order valence-electron chi connectivity index (χ3n) is 4.05. The number of nitrogens with zero attached hydrogens (tertiary/aromatic N) is 4. The quantitative estimate of drug-likeness (QED) is 0.774. The number of amides is 2. The van der Waals surface area contributed by atoms with Crippen molar-refractivity contribution in [3.63, 3.8) is 0 Å². The van der Waals surface area contributed by atoms with E-state index in [1.165, 1.54) is 0 Å². The Morgan fingerprint density at radius 3 is 2.58 bits per heavy atom. The maximum atomic E-state index is 12.0. The van der Waals surface area contributed by atoms with Crippen LogP contribution in [0.2, 0.25) is 0 Å². The van der Waals surface area contributed by atoms with Crippen molar-refractivity contribution in [2.45, 2.75) is 33.4 Å². The van der Waals surface area contributed by atoms with Gasteiger partial charge in [0.1, 0.15) is 6.33 Å². The van der Waals surface area contributed by atoms with Crippen LogP contribution >= 0.6 is 0 Å². The van der Waals surface area contributed by atoms with Crippen molar-refractivity contribution in [1.29, 1.82) is 0 Å². The van der Waals surface area contributed by atoms with Gasteiger partial charge in [-0.2, -0.15) is 0 Å². The third-order valence-corrected chi connectivity index (χ3v) is 4.05. The van der Waals surface area contributed by atoms with E-state index in [0.29, 0.717) is 25.0 Å². The number of nitrogens with one attached hydrogen (secondary N) is 2. The van der Waals surface area contributed by atoms with Gasteiger partial charge in [-0.15, -0.1) is 10.2 Å². The van der Waals surface area contributed by atoms with Gasteiger partial charge >= 0.3 is 6.03 Å². The lowest BCUT2D eigenvalue weighted by atomic mass is 10.3. The highest BCUT2D eigenvalue weighted by Gasteiger charge is 2.12. The predicted molar refractivity (Wildman–Crippen MR) is 94.0 cm³/mol. The summed E-state index contributed by atoms with van der Waals surface area (Å²) < 4.78 is 1.86. The molecule has 0 fully saturated rings. The van der Waals surface area contributed by atoms with Crippen LogP contribution in [-0.4, -0.2) is 51.4 Å². The molecule has 130 valence electrons. The summed E-state index contributed by atoms with van der Waals surface area (Å²) in [5, 5.41) is 13.7. The van der Waals surface area contributed by atoms with E-state index in [1.54, 1.807) is 6.33 Å². The molecule has 0 aliphatic rings. The second-order valence-corrected chi connectivity index (χ2v) is 5.59. The van der Waals surface area contributed by atoms with E-state index in [-0.39, 0.29) is 6.03 Å². The summed E-state index contributed by atoms with van der Waals surface area (Å²) in [7, 11) is 0. The zero-order valence-electron chi connectivity index (χ0n) is 14.6. The van der Waals surface area contributed by atoms with Crippen LogP contribution < -0.4 is 10.6 Å². The first-order valence-corrected chi connectivity index (χ1v) is 8.35. The van der Waals surface area contributed by atoms with Gasteiger partial charge in [0.15, 0.2) is 5.82 Å². The van der Waals surface area contributed by atoms with E-state index in [0.717, 1.165) is 18.8 Å². The average molecular weight is 330 g/mol. The van der Waals surface area contributed by atoms with E-state index >= 15 is 0 Å². The van der Waals surface area contributed by atoms with Crippen LogP contribution in [0.25, 0.3) is 5.69 Å². The molecule has 0 aliphatic heterocycles. The lowest BCUT2D eigenvalue weighted by Gasteiger charge is -2.26. The number of hydrogen-bond acceptors (Lipinski definition) is 4. The minimum atomic E-state index is -0.198. The minimum Gasteiger partial charge on any atom is -0.337 e. The highest BCUT2D eigenvalue weighted by atomic mass is 16.2. The standard InChI is InChI=1S/C17H26N6O/c1-4-22(5-2)14(3)11-18-17(24)19-12-16-21-20-13-23(16)15-9-7-6-8-10-15/h6-10,13-14H,4-5,11-12H2,1-3H3,(H2,18,19,24). The Balaban J connectivity index is 1.84. The number of aromatic nitrogens is 3. The average Bonchev–Trinajstić information content (AvgIpc) is 3.08. The van der Waals surface area contributed by atoms with Crippen molar-refractivity contribution in [2.24, 2.45) is 0 Å². The highest BCUT2D eigenvalue weighted by Crippen LogP contribution is 2.08. The molecule has 2 N–H and O–H groups in total. The van der Waals surface area contributed by atoms with E-state index in [4.69, 9.17) is 0 Å². The molecule has 24 heavy (non-hydrogen) atoms. The molecule has 2 rings (SSSR count).